The van der Waals surface area contributed by atoms with Gasteiger partial charge in [-0.3, -0.25) is 0 Å². The van der Waals surface area contributed by atoms with E-state index in [4.69, 9.17) is 4.74 Å². The number of aromatic nitrogens is 2. The van der Waals surface area contributed by atoms with Crippen LogP contribution in [0.3, 0.4) is 0 Å². The molecular formula is C20H25N3O2Y-2. The van der Waals surface area contributed by atoms with Crippen LogP contribution in [0.25, 0.3) is 5.32 Å². The smallest absolute Gasteiger partial charge is 0.338 e. The number of aryl methyl sites for hydroxylation is 2. The summed E-state index contributed by atoms with van der Waals surface area (Å²) in [5.74, 6) is 1.10. The molecule has 0 saturated heterocycles. The molecule has 0 amide bonds. The molecule has 2 aromatic rings. The molecule has 1 aromatic carbocycles. The molecule has 26 heavy (non-hydrogen) atoms. The van der Waals surface area contributed by atoms with Crippen molar-refractivity contribution in [3.05, 3.63) is 65.2 Å². The van der Waals surface area contributed by atoms with Crippen molar-refractivity contribution >= 4 is 11.8 Å². The fraction of sp³-hybridized carbons (Fsp3) is 0.400. The minimum atomic E-state index is -0.491. The van der Waals surface area contributed by atoms with E-state index in [-0.39, 0.29) is 38.7 Å². The standard InChI is InChI=1S/C20H25N3O2.Y/c1-6-21-18-14(2)13-22-17(23-18)12-9-15-7-10-16(11-8-15)19(24)25-20(3,4)5;/h7-8,10-11,13H,2,6,9,12H2,1,3-5H3;/q-2;. The van der Waals surface area contributed by atoms with Crippen LogP contribution in [0.2, 0.25) is 0 Å². The van der Waals surface area contributed by atoms with Crippen LogP contribution < -0.4 is 0 Å². The largest absolute Gasteiger partial charge is 0.527 e. The van der Waals surface area contributed by atoms with Gasteiger partial charge in [0.1, 0.15) is 5.60 Å². The summed E-state index contributed by atoms with van der Waals surface area (Å²) in [7, 11) is 0. The molecule has 0 spiro atoms. The number of nitrogens with zero attached hydrogens (tertiary/aromatic N) is 3. The SMILES string of the molecule is [CH2-]c1cnc(CCc2ccc(C(=O)OC(C)(C)C)cc2)nc1[N-]CC.[Y]. The fourth-order valence-electron chi connectivity index (χ4n) is 2.24. The van der Waals surface area contributed by atoms with Crippen molar-refractivity contribution < 1.29 is 42.2 Å². The van der Waals surface area contributed by atoms with Gasteiger partial charge in [0.15, 0.2) is 0 Å². The van der Waals surface area contributed by atoms with Crippen LogP contribution in [0.5, 0.6) is 0 Å². The summed E-state index contributed by atoms with van der Waals surface area (Å²) in [6, 6.07) is 7.46. The number of carbonyl (C=O) groups is 1. The van der Waals surface area contributed by atoms with E-state index in [0.29, 0.717) is 24.3 Å². The first-order valence-corrected chi connectivity index (χ1v) is 8.46. The summed E-state index contributed by atoms with van der Waals surface area (Å²) < 4.78 is 5.36. The summed E-state index contributed by atoms with van der Waals surface area (Å²) in [5.41, 5.74) is 1.92. The Balaban J connectivity index is 0.00000338. The molecular weight excluding hydrogens is 403 g/mol. The monoisotopic (exact) mass is 428 g/mol. The van der Waals surface area contributed by atoms with Gasteiger partial charge in [-0.15, -0.1) is 0 Å². The molecule has 0 saturated carbocycles. The van der Waals surface area contributed by atoms with E-state index in [1.54, 1.807) is 18.3 Å². The predicted molar refractivity (Wildman–Crippen MR) is 99.1 cm³/mol. The van der Waals surface area contributed by atoms with Gasteiger partial charge in [0.25, 0.3) is 0 Å². The number of rotatable bonds is 6. The fourth-order valence-corrected chi connectivity index (χ4v) is 2.24. The van der Waals surface area contributed by atoms with Crippen LogP contribution in [-0.2, 0) is 50.3 Å². The molecule has 0 fully saturated rings. The molecule has 0 aliphatic carbocycles. The quantitative estimate of drug-likeness (QED) is 0.505. The Morgan fingerprint density at radius 2 is 1.85 bits per heavy atom. The van der Waals surface area contributed by atoms with Crippen molar-refractivity contribution in [3.63, 3.8) is 0 Å². The molecule has 2 rings (SSSR count). The zero-order valence-electron chi connectivity index (χ0n) is 16.0. The average Bonchev–Trinajstić information content (AvgIpc) is 2.54. The Morgan fingerprint density at radius 3 is 2.42 bits per heavy atom. The van der Waals surface area contributed by atoms with E-state index in [9.17, 15) is 4.79 Å². The van der Waals surface area contributed by atoms with Crippen LogP contribution in [-0.4, -0.2) is 28.1 Å². The van der Waals surface area contributed by atoms with E-state index < -0.39 is 5.60 Å². The second kappa shape index (κ2) is 10.0. The minimum Gasteiger partial charge on any atom is -0.527 e. The molecule has 0 bridgehead atoms. The third-order valence-corrected chi connectivity index (χ3v) is 3.43. The Bertz CT molecular complexity index is 725. The Hall–Kier alpha value is -1.46. The number of hydrogen-bond acceptors (Lipinski definition) is 4. The van der Waals surface area contributed by atoms with Crippen LogP contribution in [0.4, 0.5) is 5.82 Å². The first-order chi connectivity index (χ1) is 11.8. The molecule has 137 valence electrons. The number of ether oxygens (including phenoxy) is 1. The number of esters is 1. The predicted octanol–water partition coefficient (Wildman–Crippen LogP) is 4.42. The molecule has 1 heterocycles. The molecule has 0 atom stereocenters. The second-order valence-corrected chi connectivity index (χ2v) is 6.81. The van der Waals surface area contributed by atoms with Gasteiger partial charge in [0, 0.05) is 38.5 Å². The molecule has 5 nitrogen and oxygen atoms in total. The summed E-state index contributed by atoms with van der Waals surface area (Å²) >= 11 is 0. The summed E-state index contributed by atoms with van der Waals surface area (Å²) in [6.45, 7) is 12.1. The molecule has 1 aromatic heterocycles. The van der Waals surface area contributed by atoms with Crippen molar-refractivity contribution in [2.24, 2.45) is 0 Å². The maximum atomic E-state index is 12.0. The van der Waals surface area contributed by atoms with Crippen molar-refractivity contribution in [1.29, 1.82) is 0 Å². The van der Waals surface area contributed by atoms with Crippen molar-refractivity contribution in [2.45, 2.75) is 46.1 Å². The topological polar surface area (TPSA) is 66.2 Å². The summed E-state index contributed by atoms with van der Waals surface area (Å²) in [4.78, 5) is 20.8. The average molecular weight is 428 g/mol. The molecule has 0 N–H and O–H groups in total. The number of benzene rings is 1. The van der Waals surface area contributed by atoms with Gasteiger partial charge in [-0.1, -0.05) is 31.8 Å². The zero-order valence-corrected chi connectivity index (χ0v) is 18.8. The second-order valence-electron chi connectivity index (χ2n) is 6.81. The minimum absolute atomic E-state index is 0. The molecule has 0 aliphatic heterocycles. The van der Waals surface area contributed by atoms with E-state index in [2.05, 4.69) is 22.2 Å². The van der Waals surface area contributed by atoms with Crippen LogP contribution >= 0.6 is 0 Å². The van der Waals surface area contributed by atoms with Gasteiger partial charge in [-0.2, -0.15) is 18.3 Å². The van der Waals surface area contributed by atoms with Crippen molar-refractivity contribution in [3.8, 4) is 0 Å². The van der Waals surface area contributed by atoms with Crippen molar-refractivity contribution in [1.82, 2.24) is 9.97 Å². The maximum absolute atomic E-state index is 12.0. The first kappa shape index (κ1) is 22.6. The Morgan fingerprint density at radius 1 is 1.19 bits per heavy atom. The number of hydrogen-bond donors (Lipinski definition) is 0. The summed E-state index contributed by atoms with van der Waals surface area (Å²) in [6.07, 6.45) is 3.21. The van der Waals surface area contributed by atoms with Gasteiger partial charge >= 0.3 is 5.97 Å². The molecule has 0 unspecified atom stereocenters. The van der Waals surface area contributed by atoms with Crippen LogP contribution in [0.1, 0.15) is 55.0 Å². The van der Waals surface area contributed by atoms with Gasteiger partial charge < -0.3 is 20.0 Å². The molecule has 0 aliphatic rings. The van der Waals surface area contributed by atoms with E-state index in [1.165, 1.54) is 0 Å². The maximum Gasteiger partial charge on any atom is 0.338 e. The summed E-state index contributed by atoms with van der Waals surface area (Å²) in [5, 5.41) is 4.32. The Kier molecular flexibility index (Phi) is 8.71. The van der Waals surface area contributed by atoms with Crippen LogP contribution in [0, 0.1) is 6.92 Å². The number of carbonyl (C=O) groups excluding carboxylic acids is 1. The third-order valence-electron chi connectivity index (χ3n) is 3.43. The van der Waals surface area contributed by atoms with E-state index in [0.717, 1.165) is 23.4 Å². The van der Waals surface area contributed by atoms with E-state index >= 15 is 0 Å². The first-order valence-electron chi connectivity index (χ1n) is 8.46. The van der Waals surface area contributed by atoms with E-state index in [1.807, 2.05) is 39.8 Å². The normalized spacial score (nSPS) is 10.8. The van der Waals surface area contributed by atoms with Gasteiger partial charge in [0.05, 0.1) is 5.56 Å². The van der Waals surface area contributed by atoms with Gasteiger partial charge in [-0.25, -0.2) is 4.79 Å². The molecule has 6 heteroatoms. The zero-order chi connectivity index (χ0) is 18.4. The third kappa shape index (κ3) is 7.04. The van der Waals surface area contributed by atoms with Gasteiger partial charge in [-0.05, 0) is 51.3 Å². The van der Waals surface area contributed by atoms with Crippen molar-refractivity contribution in [2.75, 3.05) is 6.54 Å². The Labute approximate surface area is 181 Å². The molecule has 1 radical (unpaired) electrons. The van der Waals surface area contributed by atoms with Crippen LogP contribution in [0.15, 0.2) is 30.5 Å². The van der Waals surface area contributed by atoms with Gasteiger partial charge in [0.2, 0.25) is 0 Å².